The molecule has 1 N–H and O–H groups in total. The summed E-state index contributed by atoms with van der Waals surface area (Å²) in [5.41, 5.74) is 0.686. The molecule has 4 nitrogen and oxygen atoms in total. The summed E-state index contributed by atoms with van der Waals surface area (Å²) in [6.45, 7) is 11.3. The molecule has 0 aliphatic heterocycles. The smallest absolute Gasteiger partial charge is 0.162 e. The summed E-state index contributed by atoms with van der Waals surface area (Å²) >= 11 is 2.32. The fourth-order valence-corrected chi connectivity index (χ4v) is 2.79. The van der Waals surface area contributed by atoms with Gasteiger partial charge in [-0.05, 0) is 55.2 Å². The number of halogens is 1. The van der Waals surface area contributed by atoms with Gasteiger partial charge >= 0.3 is 0 Å². The number of rotatable bonds is 7. The van der Waals surface area contributed by atoms with Gasteiger partial charge in [-0.25, -0.2) is 9.97 Å². The van der Waals surface area contributed by atoms with Crippen molar-refractivity contribution in [2.75, 3.05) is 19.0 Å². The van der Waals surface area contributed by atoms with Crippen molar-refractivity contribution in [1.82, 2.24) is 9.97 Å². The van der Waals surface area contributed by atoms with Crippen molar-refractivity contribution >= 4 is 28.4 Å². The summed E-state index contributed by atoms with van der Waals surface area (Å²) in [7, 11) is 1.90. The van der Waals surface area contributed by atoms with E-state index in [0.717, 1.165) is 33.7 Å². The van der Waals surface area contributed by atoms with E-state index in [-0.39, 0.29) is 0 Å². The molecule has 1 aromatic rings. The number of hydrogen-bond acceptors (Lipinski definition) is 4. The maximum Gasteiger partial charge on any atom is 0.162 e. The third-order valence-corrected chi connectivity index (χ3v) is 4.50. The first kappa shape index (κ1) is 17.6. The molecule has 0 amide bonds. The fourth-order valence-electron chi connectivity index (χ4n) is 2.06. The highest BCUT2D eigenvalue weighted by Crippen LogP contribution is 2.30. The van der Waals surface area contributed by atoms with Crippen molar-refractivity contribution < 1.29 is 4.74 Å². The molecule has 0 saturated heterocycles. The Balaban J connectivity index is 3.32. The molecule has 1 rings (SSSR count). The maximum absolute atomic E-state index is 5.91. The van der Waals surface area contributed by atoms with Crippen LogP contribution in [0.1, 0.15) is 52.6 Å². The Bertz CT molecular complexity index is 451. The minimum absolute atomic E-state index is 0.420. The maximum atomic E-state index is 5.91. The second-order valence-electron chi connectivity index (χ2n) is 5.52. The number of nitrogens with zero attached hydrogens (tertiary/aromatic N) is 2. The predicted octanol–water partition coefficient (Wildman–Crippen LogP) is 3.98. The van der Waals surface area contributed by atoms with Gasteiger partial charge in [-0.15, -0.1) is 0 Å². The lowest BCUT2D eigenvalue weighted by atomic mass is 10.0. The highest BCUT2D eigenvalue weighted by atomic mass is 127. The molecular formula is C15H26IN3O. The van der Waals surface area contributed by atoms with E-state index in [1.165, 1.54) is 0 Å². The lowest BCUT2D eigenvalue weighted by Crippen LogP contribution is -2.29. The van der Waals surface area contributed by atoms with Gasteiger partial charge in [0.05, 0.1) is 9.26 Å². The molecule has 0 radical (unpaired) electrons. The van der Waals surface area contributed by atoms with E-state index in [9.17, 15) is 0 Å². The molecule has 1 atom stereocenters. The molecule has 0 bridgehead atoms. The zero-order valence-electron chi connectivity index (χ0n) is 13.4. The Morgan fingerprint density at radius 3 is 2.40 bits per heavy atom. The highest BCUT2D eigenvalue weighted by molar-refractivity contribution is 14.1. The van der Waals surface area contributed by atoms with Crippen LogP contribution in [0.4, 0.5) is 5.82 Å². The Hall–Kier alpha value is -0.430. The minimum atomic E-state index is -0.420. The van der Waals surface area contributed by atoms with Crippen LogP contribution in [0.15, 0.2) is 0 Å². The van der Waals surface area contributed by atoms with E-state index < -0.39 is 5.60 Å². The van der Waals surface area contributed by atoms with Gasteiger partial charge in [-0.2, -0.15) is 0 Å². The standard InChI is InChI=1S/C15H26IN3O/c1-7-15(5,20-8-2)14-18-11(9-10(3)4)12(16)13(17-6)19-14/h10H,7-9H2,1-6H3,(H,17,18,19). The normalized spacial score (nSPS) is 14.4. The van der Waals surface area contributed by atoms with Gasteiger partial charge in [0.25, 0.3) is 0 Å². The molecule has 0 aliphatic rings. The van der Waals surface area contributed by atoms with Crippen molar-refractivity contribution in [3.05, 3.63) is 15.1 Å². The topological polar surface area (TPSA) is 47.0 Å². The Kier molecular flexibility index (Phi) is 6.64. The SMILES string of the molecule is CCOC(C)(CC)c1nc(CC(C)C)c(I)c(NC)n1. The summed E-state index contributed by atoms with van der Waals surface area (Å²) in [5, 5.41) is 3.17. The largest absolute Gasteiger partial charge is 0.372 e. The summed E-state index contributed by atoms with van der Waals surface area (Å²) in [5.74, 6) is 2.24. The van der Waals surface area contributed by atoms with Gasteiger partial charge in [0.1, 0.15) is 11.4 Å². The van der Waals surface area contributed by atoms with E-state index in [1.807, 2.05) is 14.0 Å². The van der Waals surface area contributed by atoms with Gasteiger partial charge in [0.15, 0.2) is 5.82 Å². The summed E-state index contributed by atoms with van der Waals surface area (Å²) in [6.07, 6.45) is 1.81. The number of nitrogens with one attached hydrogen (secondary N) is 1. The molecule has 0 saturated carbocycles. The van der Waals surface area contributed by atoms with Crippen LogP contribution in [0, 0.1) is 9.49 Å². The van der Waals surface area contributed by atoms with Gasteiger partial charge in [0, 0.05) is 13.7 Å². The molecule has 1 aromatic heterocycles. The van der Waals surface area contributed by atoms with Crippen molar-refractivity contribution in [1.29, 1.82) is 0 Å². The van der Waals surface area contributed by atoms with E-state index in [2.05, 4.69) is 60.6 Å². The molecule has 20 heavy (non-hydrogen) atoms. The molecule has 114 valence electrons. The Labute approximate surface area is 136 Å². The zero-order chi connectivity index (χ0) is 15.3. The van der Waals surface area contributed by atoms with Gasteiger partial charge in [-0.3, -0.25) is 0 Å². The second kappa shape index (κ2) is 7.54. The average Bonchev–Trinajstić information content (AvgIpc) is 2.40. The van der Waals surface area contributed by atoms with Crippen molar-refractivity contribution in [3.8, 4) is 0 Å². The van der Waals surface area contributed by atoms with E-state index in [1.54, 1.807) is 0 Å². The Morgan fingerprint density at radius 2 is 1.95 bits per heavy atom. The second-order valence-corrected chi connectivity index (χ2v) is 6.60. The van der Waals surface area contributed by atoms with Gasteiger partial charge in [-0.1, -0.05) is 20.8 Å². The number of aromatic nitrogens is 2. The lowest BCUT2D eigenvalue weighted by Gasteiger charge is -2.28. The number of hydrogen-bond donors (Lipinski definition) is 1. The average molecular weight is 391 g/mol. The van der Waals surface area contributed by atoms with Crippen LogP contribution in [0.25, 0.3) is 0 Å². The molecule has 1 unspecified atom stereocenters. The van der Waals surface area contributed by atoms with Crippen LogP contribution in [0.3, 0.4) is 0 Å². The third-order valence-electron chi connectivity index (χ3n) is 3.37. The fraction of sp³-hybridized carbons (Fsp3) is 0.733. The molecule has 0 aromatic carbocycles. The van der Waals surface area contributed by atoms with Gasteiger partial charge in [0.2, 0.25) is 0 Å². The van der Waals surface area contributed by atoms with Crippen LogP contribution in [-0.4, -0.2) is 23.6 Å². The van der Waals surface area contributed by atoms with Crippen molar-refractivity contribution in [2.45, 2.75) is 53.1 Å². The Morgan fingerprint density at radius 1 is 1.30 bits per heavy atom. The number of ether oxygens (including phenoxy) is 1. The van der Waals surface area contributed by atoms with Crippen LogP contribution in [0.2, 0.25) is 0 Å². The third kappa shape index (κ3) is 4.04. The molecular weight excluding hydrogens is 365 g/mol. The molecule has 1 heterocycles. The monoisotopic (exact) mass is 391 g/mol. The molecule has 0 spiro atoms. The summed E-state index contributed by atoms with van der Waals surface area (Å²) in [6, 6.07) is 0. The van der Waals surface area contributed by atoms with E-state index in [0.29, 0.717) is 12.5 Å². The first-order chi connectivity index (χ1) is 9.37. The summed E-state index contributed by atoms with van der Waals surface area (Å²) < 4.78 is 7.02. The van der Waals surface area contributed by atoms with Crippen LogP contribution < -0.4 is 5.32 Å². The van der Waals surface area contributed by atoms with Gasteiger partial charge < -0.3 is 10.1 Å². The zero-order valence-corrected chi connectivity index (χ0v) is 15.5. The minimum Gasteiger partial charge on any atom is -0.372 e. The quantitative estimate of drug-likeness (QED) is 0.715. The number of anilines is 1. The lowest BCUT2D eigenvalue weighted by molar-refractivity contribution is -0.0391. The van der Waals surface area contributed by atoms with Crippen molar-refractivity contribution in [2.24, 2.45) is 5.92 Å². The van der Waals surface area contributed by atoms with Crippen LogP contribution in [0.5, 0.6) is 0 Å². The van der Waals surface area contributed by atoms with Crippen molar-refractivity contribution in [3.63, 3.8) is 0 Å². The highest BCUT2D eigenvalue weighted by Gasteiger charge is 2.30. The predicted molar refractivity (Wildman–Crippen MR) is 92.1 cm³/mol. The first-order valence-corrected chi connectivity index (χ1v) is 8.34. The van der Waals surface area contributed by atoms with E-state index >= 15 is 0 Å². The van der Waals surface area contributed by atoms with E-state index in [4.69, 9.17) is 9.72 Å². The molecule has 0 aliphatic carbocycles. The molecule has 5 heteroatoms. The summed E-state index contributed by atoms with van der Waals surface area (Å²) in [4.78, 5) is 9.46. The van der Waals surface area contributed by atoms with Crippen LogP contribution >= 0.6 is 22.6 Å². The molecule has 0 fully saturated rings. The first-order valence-electron chi connectivity index (χ1n) is 7.26. The van der Waals surface area contributed by atoms with Crippen LogP contribution in [-0.2, 0) is 16.8 Å².